The minimum Gasteiger partial charge on any atom is -0.470 e. The topological polar surface area (TPSA) is 78.6 Å². The number of carbonyl (C=O) groups is 1. The summed E-state index contributed by atoms with van der Waals surface area (Å²) in [5.41, 5.74) is 2.94. The van der Waals surface area contributed by atoms with Crippen LogP contribution in [0.3, 0.4) is 0 Å². The highest BCUT2D eigenvalue weighted by Crippen LogP contribution is 2.19. The Kier molecular flexibility index (Phi) is 5.94. The lowest BCUT2D eigenvalue weighted by Crippen LogP contribution is -2.09. The maximum atomic E-state index is 12.1. The van der Waals surface area contributed by atoms with Gasteiger partial charge in [0.2, 0.25) is 5.69 Å². The normalized spacial score (nSPS) is 10.9. The maximum absolute atomic E-state index is 12.1. The van der Waals surface area contributed by atoms with E-state index in [1.807, 2.05) is 61.5 Å². The number of hydrogen-bond donors (Lipinski definition) is 0. The van der Waals surface area contributed by atoms with Gasteiger partial charge in [0.15, 0.2) is 0 Å². The number of esters is 1. The number of aromatic nitrogens is 3. The van der Waals surface area contributed by atoms with Gasteiger partial charge in [0, 0.05) is 0 Å². The van der Waals surface area contributed by atoms with E-state index in [0.717, 1.165) is 16.7 Å². The van der Waals surface area contributed by atoms with Crippen LogP contribution in [-0.2, 0) is 11.3 Å². The zero-order valence-corrected chi connectivity index (χ0v) is 15.2. The summed E-state index contributed by atoms with van der Waals surface area (Å²) in [7, 11) is 0. The fourth-order valence-electron chi connectivity index (χ4n) is 2.37. The average Bonchev–Trinajstić information content (AvgIpc) is 3.09. The number of benzene rings is 2. The van der Waals surface area contributed by atoms with Crippen molar-refractivity contribution in [2.24, 2.45) is 5.10 Å². The van der Waals surface area contributed by atoms with Gasteiger partial charge in [-0.1, -0.05) is 59.4 Å². The Hall–Kier alpha value is -3.48. The summed E-state index contributed by atoms with van der Waals surface area (Å²) < 4.78 is 10.8. The van der Waals surface area contributed by atoms with Crippen LogP contribution in [0.25, 0.3) is 0 Å². The van der Waals surface area contributed by atoms with Crippen molar-refractivity contribution in [3.05, 3.63) is 77.0 Å². The molecule has 0 saturated carbocycles. The molecule has 0 bridgehead atoms. The number of carbonyl (C=O) groups excluding carboxylic acids is 1. The van der Waals surface area contributed by atoms with E-state index in [9.17, 15) is 4.79 Å². The highest BCUT2D eigenvalue weighted by molar-refractivity contribution is 5.89. The summed E-state index contributed by atoms with van der Waals surface area (Å²) in [6, 6.07) is 17.4. The largest absolute Gasteiger partial charge is 0.470 e. The second-order valence-electron chi connectivity index (χ2n) is 5.73. The van der Waals surface area contributed by atoms with E-state index in [1.54, 1.807) is 13.1 Å². The summed E-state index contributed by atoms with van der Waals surface area (Å²) in [6.45, 7) is 4.19. The summed E-state index contributed by atoms with van der Waals surface area (Å²) in [4.78, 5) is 13.3. The van der Waals surface area contributed by atoms with E-state index >= 15 is 0 Å². The van der Waals surface area contributed by atoms with Crippen molar-refractivity contribution in [3.63, 3.8) is 0 Å². The Balaban J connectivity index is 1.88. The summed E-state index contributed by atoms with van der Waals surface area (Å²) >= 11 is 0. The predicted molar refractivity (Wildman–Crippen MR) is 101 cm³/mol. The van der Waals surface area contributed by atoms with Gasteiger partial charge in [-0.25, -0.2) is 4.79 Å². The van der Waals surface area contributed by atoms with Crippen LogP contribution in [0, 0.1) is 6.92 Å². The number of rotatable bonds is 7. The van der Waals surface area contributed by atoms with Crippen LogP contribution in [-0.4, -0.2) is 33.9 Å². The number of aryl methyl sites for hydroxylation is 1. The second-order valence-corrected chi connectivity index (χ2v) is 5.73. The van der Waals surface area contributed by atoms with Crippen LogP contribution in [0.4, 0.5) is 0 Å². The molecule has 0 fully saturated rings. The number of nitrogens with zero attached hydrogens (tertiary/aromatic N) is 4. The Morgan fingerprint density at radius 2 is 1.89 bits per heavy atom. The molecule has 2 aromatic carbocycles. The standard InChI is InChI=1S/C20H20N4O3/c1-3-26-20(25)18-19(27-14-16-10-5-4-6-11-16)24(23-22-18)21-13-17-12-8-7-9-15(17)2/h4-13H,3,14H2,1-2H3/b21-13-. The third-order valence-electron chi connectivity index (χ3n) is 3.80. The SMILES string of the molecule is CCOC(=O)c1nnn(/N=C\c2ccccc2C)c1OCc1ccccc1. The Morgan fingerprint density at radius 1 is 1.15 bits per heavy atom. The van der Waals surface area contributed by atoms with Crippen molar-refractivity contribution in [1.82, 2.24) is 15.1 Å². The molecule has 3 rings (SSSR count). The first-order chi connectivity index (χ1) is 13.2. The zero-order valence-electron chi connectivity index (χ0n) is 15.2. The quantitative estimate of drug-likeness (QED) is 0.475. The molecule has 1 heterocycles. The third-order valence-corrected chi connectivity index (χ3v) is 3.80. The maximum Gasteiger partial charge on any atom is 0.364 e. The molecule has 7 nitrogen and oxygen atoms in total. The lowest BCUT2D eigenvalue weighted by Gasteiger charge is -2.07. The monoisotopic (exact) mass is 364 g/mol. The van der Waals surface area contributed by atoms with Crippen LogP contribution in [0.15, 0.2) is 59.7 Å². The first-order valence-corrected chi connectivity index (χ1v) is 8.58. The zero-order chi connectivity index (χ0) is 19.1. The average molecular weight is 364 g/mol. The van der Waals surface area contributed by atoms with Crippen LogP contribution in [0.2, 0.25) is 0 Å². The van der Waals surface area contributed by atoms with Crippen molar-refractivity contribution in [2.45, 2.75) is 20.5 Å². The van der Waals surface area contributed by atoms with Gasteiger partial charge in [-0.2, -0.15) is 5.10 Å². The van der Waals surface area contributed by atoms with Gasteiger partial charge >= 0.3 is 5.97 Å². The summed E-state index contributed by atoms with van der Waals surface area (Å²) in [5, 5.41) is 12.1. The predicted octanol–water partition coefficient (Wildman–Crippen LogP) is 3.22. The number of ether oxygens (including phenoxy) is 2. The van der Waals surface area contributed by atoms with E-state index in [-0.39, 0.29) is 24.8 Å². The van der Waals surface area contributed by atoms with E-state index in [4.69, 9.17) is 9.47 Å². The van der Waals surface area contributed by atoms with Crippen LogP contribution >= 0.6 is 0 Å². The molecule has 138 valence electrons. The van der Waals surface area contributed by atoms with E-state index in [1.165, 1.54) is 4.79 Å². The molecule has 0 radical (unpaired) electrons. The molecule has 0 aliphatic carbocycles. The Labute approximate surface area is 157 Å². The van der Waals surface area contributed by atoms with E-state index < -0.39 is 5.97 Å². The molecule has 1 aromatic heterocycles. The molecular formula is C20H20N4O3. The van der Waals surface area contributed by atoms with Gasteiger partial charge in [0.25, 0.3) is 5.88 Å². The molecule has 0 atom stereocenters. The van der Waals surface area contributed by atoms with Crippen LogP contribution < -0.4 is 4.74 Å². The van der Waals surface area contributed by atoms with E-state index in [2.05, 4.69) is 15.4 Å². The van der Waals surface area contributed by atoms with Crippen molar-refractivity contribution in [1.29, 1.82) is 0 Å². The Morgan fingerprint density at radius 3 is 2.63 bits per heavy atom. The highest BCUT2D eigenvalue weighted by Gasteiger charge is 2.22. The lowest BCUT2D eigenvalue weighted by atomic mass is 10.1. The molecule has 3 aromatic rings. The molecule has 0 N–H and O–H groups in total. The van der Waals surface area contributed by atoms with Crippen LogP contribution in [0.1, 0.15) is 34.1 Å². The lowest BCUT2D eigenvalue weighted by molar-refractivity contribution is 0.0513. The van der Waals surface area contributed by atoms with Gasteiger partial charge < -0.3 is 9.47 Å². The fraction of sp³-hybridized carbons (Fsp3) is 0.200. The fourth-order valence-corrected chi connectivity index (χ4v) is 2.37. The van der Waals surface area contributed by atoms with Crippen molar-refractivity contribution < 1.29 is 14.3 Å². The molecule has 0 amide bonds. The molecule has 0 aliphatic heterocycles. The summed E-state index contributed by atoms with van der Waals surface area (Å²) in [5.74, 6) is -0.458. The van der Waals surface area contributed by atoms with Crippen LogP contribution in [0.5, 0.6) is 5.88 Å². The van der Waals surface area contributed by atoms with Gasteiger partial charge in [0.05, 0.1) is 12.8 Å². The molecule has 0 saturated heterocycles. The highest BCUT2D eigenvalue weighted by atomic mass is 16.5. The van der Waals surface area contributed by atoms with Gasteiger partial charge in [-0.3, -0.25) is 0 Å². The minimum absolute atomic E-state index is 0.00489. The van der Waals surface area contributed by atoms with Gasteiger partial charge in [-0.05, 0) is 35.8 Å². The smallest absolute Gasteiger partial charge is 0.364 e. The minimum atomic E-state index is -0.599. The van der Waals surface area contributed by atoms with Gasteiger partial charge in [0.1, 0.15) is 6.61 Å². The Bertz CT molecular complexity index is 935. The van der Waals surface area contributed by atoms with Crippen molar-refractivity contribution in [3.8, 4) is 5.88 Å². The summed E-state index contributed by atoms with van der Waals surface area (Å²) in [6.07, 6.45) is 1.65. The molecule has 7 heteroatoms. The number of hydrogen-bond acceptors (Lipinski definition) is 6. The third kappa shape index (κ3) is 4.58. The first-order valence-electron chi connectivity index (χ1n) is 8.58. The first kappa shape index (κ1) is 18.3. The molecule has 0 spiro atoms. The van der Waals surface area contributed by atoms with E-state index in [0.29, 0.717) is 0 Å². The van der Waals surface area contributed by atoms with Crippen molar-refractivity contribution in [2.75, 3.05) is 6.61 Å². The molecule has 0 aliphatic rings. The molecule has 27 heavy (non-hydrogen) atoms. The molecular weight excluding hydrogens is 344 g/mol. The van der Waals surface area contributed by atoms with Gasteiger partial charge in [-0.15, -0.1) is 5.10 Å². The second kappa shape index (κ2) is 8.75. The van der Waals surface area contributed by atoms with Crippen molar-refractivity contribution >= 4 is 12.2 Å². The molecule has 0 unspecified atom stereocenters.